The van der Waals surface area contributed by atoms with Crippen molar-refractivity contribution < 1.29 is 9.13 Å². The van der Waals surface area contributed by atoms with Crippen molar-refractivity contribution >= 4 is 0 Å². The van der Waals surface area contributed by atoms with Crippen molar-refractivity contribution in [2.45, 2.75) is 44.9 Å². The molecule has 3 rings (SSSR count). The van der Waals surface area contributed by atoms with Gasteiger partial charge in [-0.15, -0.1) is 0 Å². The molecule has 1 aromatic rings. The summed E-state index contributed by atoms with van der Waals surface area (Å²) in [5, 5.41) is 3.42. The van der Waals surface area contributed by atoms with Crippen LogP contribution in [0.2, 0.25) is 0 Å². The van der Waals surface area contributed by atoms with Crippen LogP contribution in [0, 0.1) is 12.7 Å². The number of aryl methyl sites for hydroxylation is 1. The third-order valence-corrected chi connectivity index (χ3v) is 4.70. The lowest BCUT2D eigenvalue weighted by Gasteiger charge is -2.39. The van der Waals surface area contributed by atoms with Gasteiger partial charge >= 0.3 is 0 Å². The second-order valence-electron chi connectivity index (χ2n) is 6.22. The number of benzene rings is 1. The Morgan fingerprint density at radius 2 is 2.33 bits per heavy atom. The summed E-state index contributed by atoms with van der Waals surface area (Å²) < 4.78 is 20.3. The topological polar surface area (TPSA) is 24.5 Å². The normalized spacial score (nSPS) is 27.6. The summed E-state index contributed by atoms with van der Waals surface area (Å²) in [5.41, 5.74) is 1.82. The van der Waals surface area contributed by atoms with Crippen LogP contribution in [0.1, 0.15) is 36.9 Å². The third-order valence-electron chi connectivity index (χ3n) is 4.70. The van der Waals surface area contributed by atoms with Gasteiger partial charge in [0.05, 0.1) is 18.8 Å². The van der Waals surface area contributed by atoms with E-state index < -0.39 is 0 Å². The molecule has 1 aromatic carbocycles. The number of ether oxygens (including phenoxy) is 1. The lowest BCUT2D eigenvalue weighted by atomic mass is 9.97. The van der Waals surface area contributed by atoms with Gasteiger partial charge in [0.1, 0.15) is 5.82 Å². The quantitative estimate of drug-likeness (QED) is 0.923. The number of likely N-dealkylation sites (N-methyl/N-ethyl adjacent to an activating group) is 1. The van der Waals surface area contributed by atoms with Crippen LogP contribution in [-0.4, -0.2) is 43.3 Å². The fourth-order valence-electron chi connectivity index (χ4n) is 3.61. The smallest absolute Gasteiger partial charge is 0.128 e. The van der Waals surface area contributed by atoms with Gasteiger partial charge < -0.3 is 10.1 Å². The third kappa shape index (κ3) is 3.12. The van der Waals surface area contributed by atoms with E-state index in [9.17, 15) is 4.39 Å². The molecule has 0 aromatic heterocycles. The maximum atomic E-state index is 14.3. The summed E-state index contributed by atoms with van der Waals surface area (Å²) >= 11 is 0. The van der Waals surface area contributed by atoms with Gasteiger partial charge in [-0.2, -0.15) is 0 Å². The number of hydrogen-bond acceptors (Lipinski definition) is 3. The molecule has 2 fully saturated rings. The molecule has 0 spiro atoms. The minimum Gasteiger partial charge on any atom is -0.373 e. The van der Waals surface area contributed by atoms with Crippen LogP contribution in [-0.2, 0) is 4.74 Å². The zero-order valence-corrected chi connectivity index (χ0v) is 12.9. The number of nitrogens with zero attached hydrogens (tertiary/aromatic N) is 1. The average Bonchev–Trinajstić information content (AvgIpc) is 2.95. The SMILES string of the molecule is CCNC(c1cc(C)ccc1F)C1CN2CCCC2CO1. The first-order valence-electron chi connectivity index (χ1n) is 8.04. The van der Waals surface area contributed by atoms with Crippen LogP contribution < -0.4 is 5.32 Å². The zero-order valence-electron chi connectivity index (χ0n) is 12.9. The Morgan fingerprint density at radius 3 is 3.14 bits per heavy atom. The maximum Gasteiger partial charge on any atom is 0.128 e. The second-order valence-corrected chi connectivity index (χ2v) is 6.22. The second kappa shape index (κ2) is 6.42. The molecule has 2 saturated heterocycles. The molecule has 2 aliphatic heterocycles. The Bertz CT molecular complexity index is 494. The number of nitrogens with one attached hydrogen (secondary N) is 1. The van der Waals surface area contributed by atoms with Crippen molar-refractivity contribution in [2.75, 3.05) is 26.2 Å². The first-order valence-corrected chi connectivity index (χ1v) is 8.04. The Labute approximate surface area is 126 Å². The molecular formula is C17H25FN2O. The van der Waals surface area contributed by atoms with Gasteiger partial charge in [0.25, 0.3) is 0 Å². The maximum absolute atomic E-state index is 14.3. The Kier molecular flexibility index (Phi) is 4.57. The number of morpholine rings is 1. The van der Waals surface area contributed by atoms with E-state index in [4.69, 9.17) is 4.74 Å². The Hall–Kier alpha value is -0.970. The highest BCUT2D eigenvalue weighted by atomic mass is 19.1. The van der Waals surface area contributed by atoms with E-state index >= 15 is 0 Å². The van der Waals surface area contributed by atoms with Gasteiger partial charge in [0, 0.05) is 18.2 Å². The summed E-state index contributed by atoms with van der Waals surface area (Å²) in [7, 11) is 0. The number of rotatable bonds is 4. The highest BCUT2D eigenvalue weighted by molar-refractivity contribution is 5.28. The van der Waals surface area contributed by atoms with E-state index in [2.05, 4.69) is 17.1 Å². The first-order chi connectivity index (χ1) is 10.2. The Morgan fingerprint density at radius 1 is 1.48 bits per heavy atom. The summed E-state index contributed by atoms with van der Waals surface area (Å²) in [6.45, 7) is 7.70. The van der Waals surface area contributed by atoms with Crippen LogP contribution >= 0.6 is 0 Å². The van der Waals surface area contributed by atoms with Gasteiger partial charge in [0.15, 0.2) is 0 Å². The molecule has 0 amide bonds. The van der Waals surface area contributed by atoms with E-state index in [1.807, 2.05) is 19.1 Å². The highest BCUT2D eigenvalue weighted by Crippen LogP contribution is 2.30. The molecule has 0 bridgehead atoms. The molecule has 116 valence electrons. The molecule has 0 radical (unpaired) electrons. The lowest BCUT2D eigenvalue weighted by Crippen LogP contribution is -2.50. The molecule has 3 atom stereocenters. The van der Waals surface area contributed by atoms with Crippen LogP contribution in [0.5, 0.6) is 0 Å². The van der Waals surface area contributed by atoms with Crippen LogP contribution in [0.25, 0.3) is 0 Å². The Balaban J connectivity index is 1.82. The fraction of sp³-hybridized carbons (Fsp3) is 0.647. The van der Waals surface area contributed by atoms with Crippen molar-refractivity contribution in [3.63, 3.8) is 0 Å². The van der Waals surface area contributed by atoms with Gasteiger partial charge in [-0.3, -0.25) is 4.90 Å². The summed E-state index contributed by atoms with van der Waals surface area (Å²) in [4.78, 5) is 2.51. The number of fused-ring (bicyclic) bond motifs is 1. The zero-order chi connectivity index (χ0) is 14.8. The molecule has 2 heterocycles. The van der Waals surface area contributed by atoms with Crippen LogP contribution in [0.4, 0.5) is 4.39 Å². The minimum atomic E-state index is -0.140. The molecule has 0 aliphatic carbocycles. The van der Waals surface area contributed by atoms with Crippen molar-refractivity contribution in [3.05, 3.63) is 35.1 Å². The van der Waals surface area contributed by atoms with Gasteiger partial charge in [-0.1, -0.05) is 24.6 Å². The van der Waals surface area contributed by atoms with Gasteiger partial charge in [0.2, 0.25) is 0 Å². The van der Waals surface area contributed by atoms with Crippen LogP contribution in [0.3, 0.4) is 0 Å². The fourth-order valence-corrected chi connectivity index (χ4v) is 3.61. The van der Waals surface area contributed by atoms with Crippen molar-refractivity contribution in [2.24, 2.45) is 0 Å². The van der Waals surface area contributed by atoms with Crippen LogP contribution in [0.15, 0.2) is 18.2 Å². The van der Waals surface area contributed by atoms with E-state index in [1.54, 1.807) is 6.07 Å². The van der Waals surface area contributed by atoms with E-state index in [-0.39, 0.29) is 18.0 Å². The van der Waals surface area contributed by atoms with Crippen molar-refractivity contribution in [1.82, 2.24) is 10.2 Å². The average molecular weight is 292 g/mol. The summed E-state index contributed by atoms with van der Waals surface area (Å²) in [6, 6.07) is 5.83. The molecule has 3 nitrogen and oxygen atoms in total. The molecule has 3 unspecified atom stereocenters. The summed E-state index contributed by atoms with van der Waals surface area (Å²) in [5.74, 6) is -0.140. The molecule has 1 N–H and O–H groups in total. The molecule has 0 saturated carbocycles. The molecule has 4 heteroatoms. The summed E-state index contributed by atoms with van der Waals surface area (Å²) in [6.07, 6.45) is 2.51. The predicted molar refractivity (Wildman–Crippen MR) is 81.9 cm³/mol. The molecule has 2 aliphatic rings. The predicted octanol–water partition coefficient (Wildman–Crippen LogP) is 2.65. The van der Waals surface area contributed by atoms with Gasteiger partial charge in [-0.25, -0.2) is 4.39 Å². The monoisotopic (exact) mass is 292 g/mol. The van der Waals surface area contributed by atoms with Crippen molar-refractivity contribution in [1.29, 1.82) is 0 Å². The minimum absolute atomic E-state index is 0.0237. The molecule has 21 heavy (non-hydrogen) atoms. The lowest BCUT2D eigenvalue weighted by molar-refractivity contribution is -0.0655. The van der Waals surface area contributed by atoms with E-state index in [0.29, 0.717) is 6.04 Å². The van der Waals surface area contributed by atoms with Crippen molar-refractivity contribution in [3.8, 4) is 0 Å². The van der Waals surface area contributed by atoms with E-state index in [1.165, 1.54) is 12.8 Å². The highest BCUT2D eigenvalue weighted by Gasteiger charge is 2.36. The van der Waals surface area contributed by atoms with E-state index in [0.717, 1.165) is 37.4 Å². The number of halogens is 1. The molecular weight excluding hydrogens is 267 g/mol. The first kappa shape index (κ1) is 14.9. The number of hydrogen-bond donors (Lipinski definition) is 1. The van der Waals surface area contributed by atoms with Gasteiger partial charge in [-0.05, 0) is 38.9 Å². The standard InChI is InChI=1S/C17H25FN2O/c1-3-19-17(14-9-12(2)6-7-15(14)18)16-10-20-8-4-5-13(20)11-21-16/h6-7,9,13,16-17,19H,3-5,8,10-11H2,1-2H3. The largest absolute Gasteiger partial charge is 0.373 e.